The zero-order valence-corrected chi connectivity index (χ0v) is 11.4. The predicted octanol–water partition coefficient (Wildman–Crippen LogP) is 0.719. The summed E-state index contributed by atoms with van der Waals surface area (Å²) in [4.78, 5) is 8.57. The number of fused-ring (bicyclic) bond motifs is 1. The van der Waals surface area contributed by atoms with Crippen molar-refractivity contribution in [1.82, 2.24) is 19.3 Å². The zero-order valence-electron chi connectivity index (χ0n) is 9.80. The van der Waals surface area contributed by atoms with Gasteiger partial charge in [-0.15, -0.1) is 11.6 Å². The smallest absolute Gasteiger partial charge is 0.208 e. The Morgan fingerprint density at radius 1 is 1.50 bits per heavy atom. The number of aromatic nitrogens is 3. The van der Waals surface area contributed by atoms with Gasteiger partial charge in [0.05, 0.1) is 12.1 Å². The van der Waals surface area contributed by atoms with E-state index in [0.29, 0.717) is 18.0 Å². The van der Waals surface area contributed by atoms with E-state index in [1.54, 1.807) is 12.3 Å². The Morgan fingerprint density at radius 2 is 2.28 bits per heavy atom. The second-order valence-corrected chi connectivity index (χ2v) is 5.93. The molecule has 2 heterocycles. The number of halogens is 1. The van der Waals surface area contributed by atoms with Crippen LogP contribution in [0.25, 0.3) is 11.2 Å². The van der Waals surface area contributed by atoms with Gasteiger partial charge in [0, 0.05) is 19.3 Å². The van der Waals surface area contributed by atoms with E-state index in [4.69, 9.17) is 11.6 Å². The van der Waals surface area contributed by atoms with E-state index in [2.05, 4.69) is 14.7 Å². The van der Waals surface area contributed by atoms with Crippen LogP contribution in [0.2, 0.25) is 0 Å². The molecule has 2 aromatic heterocycles. The lowest BCUT2D eigenvalue weighted by Crippen LogP contribution is -2.26. The van der Waals surface area contributed by atoms with Gasteiger partial charge in [0.15, 0.2) is 5.65 Å². The molecule has 1 N–H and O–H groups in total. The molecule has 0 radical (unpaired) electrons. The molecule has 0 amide bonds. The third-order valence-electron chi connectivity index (χ3n) is 2.40. The zero-order chi connectivity index (χ0) is 13.2. The van der Waals surface area contributed by atoms with E-state index in [1.807, 2.05) is 10.6 Å². The molecule has 0 fully saturated rings. The fraction of sp³-hybridized carbons (Fsp3) is 0.400. The molecule has 0 unspecified atom stereocenters. The molecule has 0 aliphatic carbocycles. The van der Waals surface area contributed by atoms with Crippen LogP contribution in [-0.2, 0) is 22.4 Å². The summed E-state index contributed by atoms with van der Waals surface area (Å²) < 4.78 is 26.2. The van der Waals surface area contributed by atoms with Crippen LogP contribution in [0.15, 0.2) is 18.3 Å². The van der Waals surface area contributed by atoms with E-state index in [9.17, 15) is 8.42 Å². The molecule has 0 aliphatic rings. The highest BCUT2D eigenvalue weighted by Gasteiger charge is 2.10. The molecule has 8 heteroatoms. The number of imidazole rings is 1. The maximum absolute atomic E-state index is 11.0. The number of alkyl halides is 1. The molecule has 0 aliphatic heterocycles. The van der Waals surface area contributed by atoms with Gasteiger partial charge >= 0.3 is 0 Å². The minimum Gasteiger partial charge on any atom is -0.310 e. The lowest BCUT2D eigenvalue weighted by molar-refractivity contribution is 0.578. The van der Waals surface area contributed by atoms with Crippen LogP contribution < -0.4 is 4.72 Å². The summed E-state index contributed by atoms with van der Waals surface area (Å²) in [5.74, 6) is 0.940. The Bertz CT molecular complexity index is 653. The molecular weight excluding hydrogens is 276 g/mol. The van der Waals surface area contributed by atoms with Crippen molar-refractivity contribution in [3.05, 3.63) is 24.2 Å². The Kier molecular flexibility index (Phi) is 3.84. The van der Waals surface area contributed by atoms with E-state index < -0.39 is 10.0 Å². The monoisotopic (exact) mass is 288 g/mol. The van der Waals surface area contributed by atoms with Gasteiger partial charge in [-0.1, -0.05) is 0 Å². The molecule has 18 heavy (non-hydrogen) atoms. The summed E-state index contributed by atoms with van der Waals surface area (Å²) in [6.07, 6.45) is 2.79. The summed E-state index contributed by atoms with van der Waals surface area (Å²) in [5, 5.41) is 0. The van der Waals surface area contributed by atoms with Crippen molar-refractivity contribution in [3.63, 3.8) is 0 Å². The summed E-state index contributed by atoms with van der Waals surface area (Å²) in [5.41, 5.74) is 1.47. The highest BCUT2D eigenvalue weighted by molar-refractivity contribution is 7.88. The minimum absolute atomic E-state index is 0.259. The molecule has 0 atom stereocenters. The van der Waals surface area contributed by atoms with Crippen LogP contribution in [0, 0.1) is 0 Å². The van der Waals surface area contributed by atoms with Crippen LogP contribution in [0.4, 0.5) is 0 Å². The average molecular weight is 289 g/mol. The minimum atomic E-state index is -3.19. The molecule has 2 aromatic rings. The second kappa shape index (κ2) is 5.21. The number of sulfonamides is 1. The van der Waals surface area contributed by atoms with Crippen molar-refractivity contribution >= 4 is 32.8 Å². The number of hydrogen-bond acceptors (Lipinski definition) is 4. The predicted molar refractivity (Wildman–Crippen MR) is 69.9 cm³/mol. The Labute approximate surface area is 110 Å². The summed E-state index contributed by atoms with van der Waals surface area (Å²) in [6, 6.07) is 3.64. The first-order valence-electron chi connectivity index (χ1n) is 5.32. The molecule has 98 valence electrons. The van der Waals surface area contributed by atoms with Gasteiger partial charge in [-0.05, 0) is 12.1 Å². The van der Waals surface area contributed by atoms with Crippen LogP contribution >= 0.6 is 11.6 Å². The van der Waals surface area contributed by atoms with Crippen molar-refractivity contribution in [2.45, 2.75) is 12.4 Å². The molecule has 6 nitrogen and oxygen atoms in total. The molecule has 0 saturated heterocycles. The van der Waals surface area contributed by atoms with Crippen LogP contribution in [0.1, 0.15) is 5.82 Å². The van der Waals surface area contributed by atoms with Crippen molar-refractivity contribution in [1.29, 1.82) is 0 Å². The first kappa shape index (κ1) is 13.3. The standard InChI is InChI=1S/C10H13ClN4O2S/c1-18(16,17)13-5-6-15-9(7-11)14-8-3-2-4-12-10(8)15/h2-4,13H,5-7H2,1H3. The van der Waals surface area contributed by atoms with Gasteiger partial charge in [-0.3, -0.25) is 0 Å². The van der Waals surface area contributed by atoms with Crippen molar-refractivity contribution in [3.8, 4) is 0 Å². The fourth-order valence-corrected chi connectivity index (χ4v) is 2.35. The maximum atomic E-state index is 11.0. The SMILES string of the molecule is CS(=O)(=O)NCCn1c(CCl)nc2cccnc21. The quantitative estimate of drug-likeness (QED) is 0.823. The average Bonchev–Trinajstić information content (AvgIpc) is 2.66. The second-order valence-electron chi connectivity index (χ2n) is 3.83. The van der Waals surface area contributed by atoms with Crippen molar-refractivity contribution in [2.24, 2.45) is 0 Å². The van der Waals surface area contributed by atoms with Gasteiger partial charge in [0.2, 0.25) is 10.0 Å². The van der Waals surface area contributed by atoms with E-state index in [1.165, 1.54) is 0 Å². The van der Waals surface area contributed by atoms with Crippen LogP contribution in [-0.4, -0.2) is 35.8 Å². The number of hydrogen-bond donors (Lipinski definition) is 1. The number of pyridine rings is 1. The normalized spacial score (nSPS) is 12.1. The highest BCUT2D eigenvalue weighted by Crippen LogP contribution is 2.14. The lowest BCUT2D eigenvalue weighted by atomic mass is 10.4. The molecule has 0 saturated carbocycles. The van der Waals surface area contributed by atoms with Gasteiger partial charge < -0.3 is 4.57 Å². The van der Waals surface area contributed by atoms with Crippen molar-refractivity contribution < 1.29 is 8.42 Å². The molecular formula is C10H13ClN4O2S. The largest absolute Gasteiger partial charge is 0.310 e. The van der Waals surface area contributed by atoms with E-state index >= 15 is 0 Å². The van der Waals surface area contributed by atoms with E-state index in [-0.39, 0.29) is 12.4 Å². The number of nitrogens with zero attached hydrogens (tertiary/aromatic N) is 3. The molecule has 2 rings (SSSR count). The number of nitrogens with one attached hydrogen (secondary N) is 1. The van der Waals surface area contributed by atoms with Crippen LogP contribution in [0.3, 0.4) is 0 Å². The lowest BCUT2D eigenvalue weighted by Gasteiger charge is -2.07. The van der Waals surface area contributed by atoms with E-state index in [0.717, 1.165) is 11.8 Å². The summed E-state index contributed by atoms with van der Waals surface area (Å²) >= 11 is 5.82. The third kappa shape index (κ3) is 2.98. The maximum Gasteiger partial charge on any atom is 0.208 e. The van der Waals surface area contributed by atoms with Crippen molar-refractivity contribution in [2.75, 3.05) is 12.8 Å². The topological polar surface area (TPSA) is 76.9 Å². The third-order valence-corrected chi connectivity index (χ3v) is 3.37. The van der Waals surface area contributed by atoms with Gasteiger partial charge in [-0.25, -0.2) is 23.1 Å². The van der Waals surface area contributed by atoms with Gasteiger partial charge in [-0.2, -0.15) is 0 Å². The molecule has 0 bridgehead atoms. The molecule has 0 spiro atoms. The Balaban J connectivity index is 2.25. The Morgan fingerprint density at radius 3 is 2.94 bits per heavy atom. The first-order valence-corrected chi connectivity index (χ1v) is 7.74. The fourth-order valence-electron chi connectivity index (χ4n) is 1.69. The number of rotatable bonds is 5. The highest BCUT2D eigenvalue weighted by atomic mass is 35.5. The van der Waals surface area contributed by atoms with Gasteiger partial charge in [0.25, 0.3) is 0 Å². The first-order chi connectivity index (χ1) is 8.51. The molecule has 0 aromatic carbocycles. The van der Waals surface area contributed by atoms with Crippen LogP contribution in [0.5, 0.6) is 0 Å². The Hall–Kier alpha value is -1.18. The summed E-state index contributed by atoms with van der Waals surface area (Å²) in [7, 11) is -3.19. The summed E-state index contributed by atoms with van der Waals surface area (Å²) in [6.45, 7) is 0.730. The van der Waals surface area contributed by atoms with Gasteiger partial charge in [0.1, 0.15) is 11.3 Å².